The summed E-state index contributed by atoms with van der Waals surface area (Å²) in [5.41, 5.74) is 8.45. The number of nitrogens with zero attached hydrogens (tertiary/aromatic N) is 2. The fourth-order valence-corrected chi connectivity index (χ4v) is 3.17. The third-order valence-electron chi connectivity index (χ3n) is 4.01. The highest BCUT2D eigenvalue weighted by atomic mass is 32.1. The number of thiophene rings is 1. The van der Waals surface area contributed by atoms with Gasteiger partial charge in [0.2, 0.25) is 0 Å². The van der Waals surface area contributed by atoms with E-state index in [4.69, 9.17) is 5.73 Å². The van der Waals surface area contributed by atoms with Gasteiger partial charge in [0, 0.05) is 18.0 Å². The lowest BCUT2D eigenvalue weighted by molar-refractivity contribution is 0.296. The van der Waals surface area contributed by atoms with Gasteiger partial charge in [0.25, 0.3) is 0 Å². The SMILES string of the molecule is CCN(CC)Cc1ccc(CN=C(N)NCCc2cccs2)cc1. The van der Waals surface area contributed by atoms with E-state index >= 15 is 0 Å². The maximum Gasteiger partial charge on any atom is 0.188 e. The predicted molar refractivity (Wildman–Crippen MR) is 104 cm³/mol. The Morgan fingerprint density at radius 2 is 1.83 bits per heavy atom. The molecule has 1 aromatic heterocycles. The van der Waals surface area contributed by atoms with Gasteiger partial charge in [-0.1, -0.05) is 44.2 Å². The van der Waals surface area contributed by atoms with E-state index < -0.39 is 0 Å². The molecule has 0 aliphatic heterocycles. The first-order chi connectivity index (χ1) is 11.7. The van der Waals surface area contributed by atoms with Crippen LogP contribution in [-0.4, -0.2) is 30.5 Å². The van der Waals surface area contributed by atoms with Crippen LogP contribution >= 0.6 is 11.3 Å². The first kappa shape index (κ1) is 18.5. The summed E-state index contributed by atoms with van der Waals surface area (Å²) in [6, 6.07) is 12.9. The third kappa shape index (κ3) is 6.34. The monoisotopic (exact) mass is 344 g/mol. The maximum atomic E-state index is 5.93. The summed E-state index contributed by atoms with van der Waals surface area (Å²) in [4.78, 5) is 8.18. The Morgan fingerprint density at radius 3 is 2.46 bits per heavy atom. The Morgan fingerprint density at radius 1 is 1.12 bits per heavy atom. The van der Waals surface area contributed by atoms with Crippen LogP contribution in [-0.2, 0) is 19.5 Å². The number of hydrogen-bond donors (Lipinski definition) is 2. The minimum Gasteiger partial charge on any atom is -0.370 e. The Balaban J connectivity index is 1.75. The standard InChI is InChI=1S/C19H28N4S/c1-3-23(4-2)15-17-9-7-16(8-10-17)14-22-19(20)21-12-11-18-6-5-13-24-18/h5-10,13H,3-4,11-12,14-15H2,1-2H3,(H3,20,21,22). The Labute approximate surface area is 149 Å². The molecule has 0 amide bonds. The van der Waals surface area contributed by atoms with Gasteiger partial charge in [-0.25, -0.2) is 4.99 Å². The van der Waals surface area contributed by atoms with E-state index in [0.717, 1.165) is 32.6 Å². The molecule has 1 heterocycles. The second kappa shape index (κ2) is 10.1. The molecule has 2 rings (SSSR count). The maximum absolute atomic E-state index is 5.93. The molecule has 0 radical (unpaired) electrons. The van der Waals surface area contributed by atoms with Crippen LogP contribution in [0, 0.1) is 0 Å². The van der Waals surface area contributed by atoms with Gasteiger partial charge in [-0.15, -0.1) is 11.3 Å². The molecule has 0 saturated heterocycles. The molecule has 0 aliphatic carbocycles. The second-order valence-electron chi connectivity index (χ2n) is 5.74. The minimum atomic E-state index is 0.513. The molecule has 0 bridgehead atoms. The van der Waals surface area contributed by atoms with Crippen molar-refractivity contribution in [2.75, 3.05) is 19.6 Å². The van der Waals surface area contributed by atoms with Crippen molar-refractivity contribution in [2.45, 2.75) is 33.4 Å². The van der Waals surface area contributed by atoms with Crippen LogP contribution in [0.25, 0.3) is 0 Å². The topological polar surface area (TPSA) is 53.6 Å². The summed E-state index contributed by atoms with van der Waals surface area (Å²) in [6.07, 6.45) is 0.980. The van der Waals surface area contributed by atoms with Gasteiger partial charge in [0.05, 0.1) is 6.54 Å². The van der Waals surface area contributed by atoms with E-state index in [1.807, 2.05) is 0 Å². The number of guanidine groups is 1. The van der Waals surface area contributed by atoms with Crippen molar-refractivity contribution in [3.63, 3.8) is 0 Å². The first-order valence-corrected chi connectivity index (χ1v) is 9.45. The predicted octanol–water partition coefficient (Wildman–Crippen LogP) is 3.24. The minimum absolute atomic E-state index is 0.513. The zero-order chi connectivity index (χ0) is 17.2. The van der Waals surface area contributed by atoms with E-state index in [2.05, 4.69) is 70.8 Å². The van der Waals surface area contributed by atoms with Gasteiger partial charge < -0.3 is 11.1 Å². The van der Waals surface area contributed by atoms with Crippen molar-refractivity contribution in [1.82, 2.24) is 10.2 Å². The molecule has 0 aliphatic rings. The van der Waals surface area contributed by atoms with Crippen LogP contribution in [0.3, 0.4) is 0 Å². The van der Waals surface area contributed by atoms with E-state index in [0.29, 0.717) is 12.5 Å². The molecule has 4 nitrogen and oxygen atoms in total. The molecule has 0 saturated carbocycles. The van der Waals surface area contributed by atoms with Crippen molar-refractivity contribution < 1.29 is 0 Å². The van der Waals surface area contributed by atoms with Gasteiger partial charge in [-0.05, 0) is 42.1 Å². The normalized spacial score (nSPS) is 11.9. The summed E-state index contributed by atoms with van der Waals surface area (Å²) in [5.74, 6) is 0.513. The zero-order valence-electron chi connectivity index (χ0n) is 14.7. The number of nitrogens with two attached hydrogens (primary N) is 1. The molecule has 0 fully saturated rings. The largest absolute Gasteiger partial charge is 0.370 e. The third-order valence-corrected chi connectivity index (χ3v) is 4.95. The summed E-state index contributed by atoms with van der Waals surface area (Å²) < 4.78 is 0. The smallest absolute Gasteiger partial charge is 0.188 e. The van der Waals surface area contributed by atoms with Crippen LogP contribution in [0.5, 0.6) is 0 Å². The summed E-state index contributed by atoms with van der Waals surface area (Å²) >= 11 is 1.77. The molecule has 0 atom stereocenters. The highest BCUT2D eigenvalue weighted by Gasteiger charge is 2.01. The van der Waals surface area contributed by atoms with Crippen LogP contribution in [0.15, 0.2) is 46.8 Å². The Hall–Kier alpha value is -1.85. The molecule has 0 unspecified atom stereocenters. The van der Waals surface area contributed by atoms with Crippen molar-refractivity contribution in [3.05, 3.63) is 57.8 Å². The molecule has 3 N–H and O–H groups in total. The second-order valence-corrected chi connectivity index (χ2v) is 6.77. The van der Waals surface area contributed by atoms with Crippen molar-refractivity contribution >= 4 is 17.3 Å². The van der Waals surface area contributed by atoms with Crippen LogP contribution in [0.4, 0.5) is 0 Å². The van der Waals surface area contributed by atoms with Gasteiger partial charge in [0.1, 0.15) is 0 Å². The number of rotatable bonds is 9. The average Bonchev–Trinajstić information content (AvgIpc) is 3.12. The highest BCUT2D eigenvalue weighted by molar-refractivity contribution is 7.09. The number of benzene rings is 1. The molecule has 1 aromatic carbocycles. The molecular weight excluding hydrogens is 316 g/mol. The first-order valence-electron chi connectivity index (χ1n) is 8.57. The Bertz CT molecular complexity index is 601. The van der Waals surface area contributed by atoms with E-state index in [1.165, 1.54) is 16.0 Å². The number of nitrogens with one attached hydrogen (secondary N) is 1. The lowest BCUT2D eigenvalue weighted by Gasteiger charge is -2.17. The van der Waals surface area contributed by atoms with E-state index in [9.17, 15) is 0 Å². The van der Waals surface area contributed by atoms with Gasteiger partial charge in [-0.2, -0.15) is 0 Å². The van der Waals surface area contributed by atoms with Gasteiger partial charge in [0.15, 0.2) is 5.96 Å². The number of hydrogen-bond acceptors (Lipinski definition) is 3. The van der Waals surface area contributed by atoms with Crippen molar-refractivity contribution in [3.8, 4) is 0 Å². The summed E-state index contributed by atoms with van der Waals surface area (Å²) in [5, 5.41) is 5.27. The quantitative estimate of drug-likeness (QED) is 0.542. The van der Waals surface area contributed by atoms with Crippen LogP contribution in [0.1, 0.15) is 29.9 Å². The van der Waals surface area contributed by atoms with E-state index in [1.54, 1.807) is 11.3 Å². The lowest BCUT2D eigenvalue weighted by atomic mass is 10.1. The van der Waals surface area contributed by atoms with Crippen molar-refractivity contribution in [2.24, 2.45) is 10.7 Å². The highest BCUT2D eigenvalue weighted by Crippen LogP contribution is 2.09. The molecule has 24 heavy (non-hydrogen) atoms. The molecular formula is C19H28N4S. The average molecular weight is 345 g/mol. The van der Waals surface area contributed by atoms with Crippen LogP contribution in [0.2, 0.25) is 0 Å². The van der Waals surface area contributed by atoms with E-state index in [-0.39, 0.29) is 0 Å². The fraction of sp³-hybridized carbons (Fsp3) is 0.421. The Kier molecular flexibility index (Phi) is 7.79. The van der Waals surface area contributed by atoms with Gasteiger partial charge >= 0.3 is 0 Å². The summed E-state index contributed by atoms with van der Waals surface area (Å²) in [7, 11) is 0. The lowest BCUT2D eigenvalue weighted by Crippen LogP contribution is -2.33. The fourth-order valence-electron chi connectivity index (χ4n) is 2.46. The zero-order valence-corrected chi connectivity index (χ0v) is 15.5. The number of aliphatic imine (C=N–C) groups is 1. The van der Waals surface area contributed by atoms with Crippen LogP contribution < -0.4 is 11.1 Å². The molecule has 0 spiro atoms. The van der Waals surface area contributed by atoms with Crippen molar-refractivity contribution in [1.29, 1.82) is 0 Å². The molecule has 130 valence electrons. The molecule has 5 heteroatoms. The molecule has 2 aromatic rings. The summed E-state index contributed by atoms with van der Waals surface area (Å²) in [6.45, 7) is 8.99. The van der Waals surface area contributed by atoms with Gasteiger partial charge in [-0.3, -0.25) is 4.90 Å².